The highest BCUT2D eigenvalue weighted by Gasteiger charge is 2.44. The quantitative estimate of drug-likeness (QED) is 0.710. The third kappa shape index (κ3) is 1.74. The predicted octanol–water partition coefficient (Wildman–Crippen LogP) is 1.60. The Morgan fingerprint density at radius 2 is 1.93 bits per heavy atom. The van der Waals surface area contributed by atoms with Crippen LogP contribution in [0.5, 0.6) is 0 Å². The summed E-state index contributed by atoms with van der Waals surface area (Å²) >= 11 is 0. The minimum absolute atomic E-state index is 0.0742. The molecule has 1 fully saturated rings. The first-order chi connectivity index (χ1) is 6.38. The number of aliphatic carboxylic acids is 2. The SMILES string of the molecule is C[C@H]1C[C@H](C(=O)O)CCC1(C)C(=O)O. The average molecular weight is 200 g/mol. The van der Waals surface area contributed by atoms with Crippen LogP contribution in [0.3, 0.4) is 0 Å². The Hall–Kier alpha value is -1.06. The fraction of sp³-hybridized carbons (Fsp3) is 0.800. The minimum Gasteiger partial charge on any atom is -0.481 e. The number of rotatable bonds is 2. The summed E-state index contributed by atoms with van der Waals surface area (Å²) < 4.78 is 0. The average Bonchev–Trinajstić information content (AvgIpc) is 2.09. The normalized spacial score (nSPS) is 37.9. The zero-order chi connectivity index (χ0) is 10.9. The summed E-state index contributed by atoms with van der Waals surface area (Å²) in [5.41, 5.74) is -0.744. The van der Waals surface area contributed by atoms with Crippen molar-refractivity contribution in [3.05, 3.63) is 0 Å². The van der Waals surface area contributed by atoms with Gasteiger partial charge in [0.1, 0.15) is 0 Å². The lowest BCUT2D eigenvalue weighted by Crippen LogP contribution is -2.40. The van der Waals surface area contributed by atoms with Crippen molar-refractivity contribution in [3.63, 3.8) is 0 Å². The summed E-state index contributed by atoms with van der Waals surface area (Å²) in [6.07, 6.45) is 1.40. The smallest absolute Gasteiger partial charge is 0.309 e. The van der Waals surface area contributed by atoms with Crippen LogP contribution in [0.25, 0.3) is 0 Å². The van der Waals surface area contributed by atoms with E-state index in [9.17, 15) is 9.59 Å². The molecule has 14 heavy (non-hydrogen) atoms. The molecule has 1 aliphatic carbocycles. The van der Waals surface area contributed by atoms with Gasteiger partial charge in [-0.05, 0) is 32.1 Å². The van der Waals surface area contributed by atoms with Gasteiger partial charge in [-0.2, -0.15) is 0 Å². The van der Waals surface area contributed by atoms with E-state index in [4.69, 9.17) is 10.2 Å². The largest absolute Gasteiger partial charge is 0.481 e. The van der Waals surface area contributed by atoms with Crippen LogP contribution in [-0.4, -0.2) is 22.2 Å². The molecule has 2 N–H and O–H groups in total. The third-order valence-corrected chi connectivity index (χ3v) is 3.58. The molecule has 1 unspecified atom stereocenters. The Morgan fingerprint density at radius 3 is 2.29 bits per heavy atom. The lowest BCUT2D eigenvalue weighted by molar-refractivity contribution is -0.158. The van der Waals surface area contributed by atoms with Gasteiger partial charge in [0.15, 0.2) is 0 Å². The van der Waals surface area contributed by atoms with E-state index in [-0.39, 0.29) is 11.8 Å². The van der Waals surface area contributed by atoms with Gasteiger partial charge in [0.05, 0.1) is 11.3 Å². The number of carbonyl (C=O) groups is 2. The Bertz CT molecular complexity index is 261. The van der Waals surface area contributed by atoms with Crippen LogP contribution in [0.2, 0.25) is 0 Å². The van der Waals surface area contributed by atoms with Crippen molar-refractivity contribution in [3.8, 4) is 0 Å². The molecule has 0 aromatic carbocycles. The highest BCUT2D eigenvalue weighted by Crippen LogP contribution is 2.43. The molecule has 1 aliphatic rings. The molecule has 0 amide bonds. The van der Waals surface area contributed by atoms with E-state index in [1.165, 1.54) is 0 Å². The van der Waals surface area contributed by atoms with Gasteiger partial charge in [0, 0.05) is 0 Å². The van der Waals surface area contributed by atoms with Crippen molar-refractivity contribution >= 4 is 11.9 Å². The fourth-order valence-electron chi connectivity index (χ4n) is 2.07. The zero-order valence-corrected chi connectivity index (χ0v) is 8.49. The van der Waals surface area contributed by atoms with Crippen LogP contribution < -0.4 is 0 Å². The zero-order valence-electron chi connectivity index (χ0n) is 8.49. The molecule has 0 bridgehead atoms. The summed E-state index contributed by atoms with van der Waals surface area (Å²) in [7, 11) is 0. The summed E-state index contributed by atoms with van der Waals surface area (Å²) in [4.78, 5) is 21.7. The first-order valence-electron chi connectivity index (χ1n) is 4.84. The van der Waals surface area contributed by atoms with Crippen LogP contribution in [0.15, 0.2) is 0 Å². The van der Waals surface area contributed by atoms with Gasteiger partial charge in [-0.3, -0.25) is 9.59 Å². The van der Waals surface area contributed by atoms with Gasteiger partial charge in [-0.15, -0.1) is 0 Å². The van der Waals surface area contributed by atoms with Crippen molar-refractivity contribution in [2.45, 2.75) is 33.1 Å². The van der Waals surface area contributed by atoms with E-state index >= 15 is 0 Å². The first-order valence-corrected chi connectivity index (χ1v) is 4.84. The van der Waals surface area contributed by atoms with E-state index < -0.39 is 17.4 Å². The third-order valence-electron chi connectivity index (χ3n) is 3.58. The summed E-state index contributed by atoms with van der Waals surface area (Å²) in [5.74, 6) is -2.05. The van der Waals surface area contributed by atoms with Gasteiger partial charge in [-0.1, -0.05) is 6.92 Å². The van der Waals surface area contributed by atoms with Crippen LogP contribution in [0, 0.1) is 17.3 Å². The second-order valence-corrected chi connectivity index (χ2v) is 4.43. The fourth-order valence-corrected chi connectivity index (χ4v) is 2.07. The van der Waals surface area contributed by atoms with Crippen LogP contribution in [0.4, 0.5) is 0 Å². The summed E-state index contributed by atoms with van der Waals surface area (Å²) in [5, 5.41) is 17.9. The molecular weight excluding hydrogens is 184 g/mol. The van der Waals surface area contributed by atoms with Crippen LogP contribution in [-0.2, 0) is 9.59 Å². The van der Waals surface area contributed by atoms with Crippen molar-refractivity contribution < 1.29 is 19.8 Å². The highest BCUT2D eigenvalue weighted by molar-refractivity contribution is 5.76. The van der Waals surface area contributed by atoms with E-state index in [0.717, 1.165) is 0 Å². The van der Waals surface area contributed by atoms with Crippen molar-refractivity contribution in [1.82, 2.24) is 0 Å². The second kappa shape index (κ2) is 3.59. The molecule has 4 heteroatoms. The Balaban J connectivity index is 2.74. The molecule has 1 saturated carbocycles. The Morgan fingerprint density at radius 1 is 1.36 bits per heavy atom. The molecule has 3 atom stereocenters. The van der Waals surface area contributed by atoms with E-state index in [0.29, 0.717) is 19.3 Å². The predicted molar refractivity (Wildman–Crippen MR) is 49.9 cm³/mol. The summed E-state index contributed by atoms with van der Waals surface area (Å²) in [6.45, 7) is 3.53. The van der Waals surface area contributed by atoms with E-state index in [2.05, 4.69) is 0 Å². The Labute approximate surface area is 82.9 Å². The monoisotopic (exact) mass is 200 g/mol. The maximum atomic E-state index is 11.0. The number of carboxylic acid groups (broad SMARTS) is 2. The maximum Gasteiger partial charge on any atom is 0.309 e. The molecule has 0 aliphatic heterocycles. The summed E-state index contributed by atoms with van der Waals surface area (Å²) in [6, 6.07) is 0. The Kier molecular flexibility index (Phi) is 2.83. The van der Waals surface area contributed by atoms with Gasteiger partial charge < -0.3 is 10.2 Å². The number of carboxylic acids is 2. The van der Waals surface area contributed by atoms with E-state index in [1.54, 1.807) is 6.92 Å². The molecular formula is C10H16O4. The standard InChI is InChI=1S/C10H16O4/c1-6-5-7(8(11)12)3-4-10(6,2)9(13)14/h6-7H,3-5H2,1-2H3,(H,11,12)(H,13,14)/t6-,7+,10?/m0/s1. The topological polar surface area (TPSA) is 74.6 Å². The highest BCUT2D eigenvalue weighted by atomic mass is 16.4. The van der Waals surface area contributed by atoms with Crippen LogP contribution in [0.1, 0.15) is 33.1 Å². The van der Waals surface area contributed by atoms with E-state index in [1.807, 2.05) is 6.92 Å². The first kappa shape index (κ1) is 11.0. The minimum atomic E-state index is -0.811. The lowest BCUT2D eigenvalue weighted by Gasteiger charge is -2.38. The number of hydrogen-bond donors (Lipinski definition) is 2. The molecule has 0 spiro atoms. The molecule has 1 rings (SSSR count). The van der Waals surface area contributed by atoms with Crippen molar-refractivity contribution in [1.29, 1.82) is 0 Å². The molecule has 0 heterocycles. The molecule has 0 aromatic rings. The number of hydrogen-bond acceptors (Lipinski definition) is 2. The van der Waals surface area contributed by atoms with Gasteiger partial charge in [0.2, 0.25) is 0 Å². The molecule has 4 nitrogen and oxygen atoms in total. The van der Waals surface area contributed by atoms with Crippen molar-refractivity contribution in [2.24, 2.45) is 17.3 Å². The molecule has 0 saturated heterocycles. The van der Waals surface area contributed by atoms with Crippen LogP contribution >= 0.6 is 0 Å². The molecule has 0 aromatic heterocycles. The van der Waals surface area contributed by atoms with Gasteiger partial charge >= 0.3 is 11.9 Å². The second-order valence-electron chi connectivity index (χ2n) is 4.43. The van der Waals surface area contributed by atoms with Gasteiger partial charge in [-0.25, -0.2) is 0 Å². The lowest BCUT2D eigenvalue weighted by atomic mass is 9.65. The van der Waals surface area contributed by atoms with Gasteiger partial charge in [0.25, 0.3) is 0 Å². The maximum absolute atomic E-state index is 11.0. The van der Waals surface area contributed by atoms with Crippen molar-refractivity contribution in [2.75, 3.05) is 0 Å². The molecule has 0 radical (unpaired) electrons. The molecule has 80 valence electrons.